The van der Waals surface area contributed by atoms with E-state index in [1.807, 2.05) is 30.3 Å². The molecule has 0 amide bonds. The zero-order valence-electron chi connectivity index (χ0n) is 24.1. The minimum absolute atomic E-state index is 0.174. The predicted octanol–water partition coefficient (Wildman–Crippen LogP) is 8.97. The summed E-state index contributed by atoms with van der Waals surface area (Å²) < 4.78 is 10.6. The molecule has 3 aromatic carbocycles. The van der Waals surface area contributed by atoms with Gasteiger partial charge in [-0.3, -0.25) is 4.79 Å². The molecule has 0 aromatic heterocycles. The summed E-state index contributed by atoms with van der Waals surface area (Å²) in [5, 5.41) is 0. The summed E-state index contributed by atoms with van der Waals surface area (Å²) in [6, 6.07) is 23.8. The fourth-order valence-corrected chi connectivity index (χ4v) is 5.33. The topological polar surface area (TPSA) is 52.6 Å². The van der Waals surface area contributed by atoms with Crippen LogP contribution in [0.15, 0.2) is 72.8 Å². The first kappa shape index (κ1) is 30.1. The fraction of sp³-hybridized carbons (Fsp3) is 0.429. The highest BCUT2D eigenvalue weighted by Gasteiger charge is 2.26. The van der Waals surface area contributed by atoms with E-state index in [-0.39, 0.29) is 17.7 Å². The lowest BCUT2D eigenvalue weighted by atomic mass is 9.80. The molecule has 0 bridgehead atoms. The lowest BCUT2D eigenvalue weighted by Crippen LogP contribution is -2.22. The molecule has 208 valence electrons. The Labute approximate surface area is 234 Å². The third kappa shape index (κ3) is 8.81. The molecule has 0 aliphatic heterocycles. The van der Waals surface area contributed by atoms with Crippen molar-refractivity contribution in [3.05, 3.63) is 101 Å². The van der Waals surface area contributed by atoms with Crippen molar-refractivity contribution in [3.63, 3.8) is 0 Å². The summed E-state index contributed by atoms with van der Waals surface area (Å²) in [4.78, 5) is 24.0. The van der Waals surface area contributed by atoms with E-state index in [1.54, 1.807) is 12.1 Å². The summed E-state index contributed by atoms with van der Waals surface area (Å²) in [5.74, 6) is 1.66. The molecular weight excluding hydrogens is 484 g/mol. The van der Waals surface area contributed by atoms with Crippen LogP contribution in [0, 0.1) is 5.92 Å². The van der Waals surface area contributed by atoms with Gasteiger partial charge in [0.15, 0.2) is 5.78 Å². The molecule has 39 heavy (non-hydrogen) atoms. The number of aryl methyl sites for hydroxylation is 1. The third-order valence-electron chi connectivity index (χ3n) is 7.44. The van der Waals surface area contributed by atoms with Crippen LogP contribution >= 0.6 is 0 Å². The number of fused-ring (bicyclic) bond motifs is 1. The monoisotopic (exact) mass is 528 g/mol. The van der Waals surface area contributed by atoms with Crippen LogP contribution in [0.25, 0.3) is 0 Å². The first-order valence-corrected chi connectivity index (χ1v) is 14.5. The Morgan fingerprint density at radius 1 is 0.897 bits per heavy atom. The van der Waals surface area contributed by atoms with Crippen LogP contribution in [0.4, 0.5) is 0 Å². The molecule has 0 heterocycles. The Kier molecular flexibility index (Phi) is 12.3. The van der Waals surface area contributed by atoms with E-state index >= 15 is 0 Å². The van der Waals surface area contributed by atoms with Crippen molar-refractivity contribution in [2.24, 2.45) is 5.92 Å². The number of ketones is 1. The van der Waals surface area contributed by atoms with Crippen molar-refractivity contribution in [1.82, 2.24) is 0 Å². The SMILES string of the molecule is CCCC(CCC)c1ccccc1.CCCC1CCc2cc(OCc3ccc(C(=O)OC)cc3)ccc2C1=O. The lowest BCUT2D eigenvalue weighted by molar-refractivity contribution is 0.0600. The predicted molar refractivity (Wildman–Crippen MR) is 159 cm³/mol. The third-order valence-corrected chi connectivity index (χ3v) is 7.44. The molecule has 3 aromatic rings. The number of rotatable bonds is 11. The van der Waals surface area contributed by atoms with E-state index < -0.39 is 0 Å². The number of methoxy groups -OCH3 is 1. The van der Waals surface area contributed by atoms with Gasteiger partial charge in [-0.2, -0.15) is 0 Å². The zero-order valence-corrected chi connectivity index (χ0v) is 24.1. The van der Waals surface area contributed by atoms with E-state index in [0.717, 1.165) is 54.0 Å². The number of ether oxygens (including phenoxy) is 2. The van der Waals surface area contributed by atoms with Gasteiger partial charge in [0.05, 0.1) is 12.7 Å². The minimum Gasteiger partial charge on any atom is -0.489 e. The number of Topliss-reactive ketones (excluding diaryl/α,β-unsaturated/α-hetero) is 1. The van der Waals surface area contributed by atoms with Gasteiger partial charge < -0.3 is 9.47 Å². The van der Waals surface area contributed by atoms with Gasteiger partial charge in [0.25, 0.3) is 0 Å². The van der Waals surface area contributed by atoms with Crippen molar-refractivity contribution in [3.8, 4) is 5.75 Å². The second-order valence-corrected chi connectivity index (χ2v) is 10.4. The quantitative estimate of drug-likeness (QED) is 0.233. The zero-order chi connectivity index (χ0) is 28.0. The molecular formula is C35H44O4. The number of hydrogen-bond donors (Lipinski definition) is 0. The number of carbonyl (C=O) groups excluding carboxylic acids is 2. The van der Waals surface area contributed by atoms with Gasteiger partial charge >= 0.3 is 5.97 Å². The standard InChI is InChI=1S/C22H24O4.C13H20/c1-3-4-16-9-10-18-13-19(11-12-20(18)21(16)23)26-14-15-5-7-17(8-6-15)22(24)25-2;1-3-8-12(9-4-2)13-10-6-5-7-11-13/h5-8,11-13,16H,3-4,9-10,14H2,1-2H3;5-7,10-12H,3-4,8-9H2,1-2H3. The van der Waals surface area contributed by atoms with Crippen molar-refractivity contribution < 1.29 is 19.1 Å². The molecule has 0 saturated carbocycles. The highest BCUT2D eigenvalue weighted by atomic mass is 16.5. The van der Waals surface area contributed by atoms with Gasteiger partial charge in [0.2, 0.25) is 0 Å². The smallest absolute Gasteiger partial charge is 0.337 e. The van der Waals surface area contributed by atoms with Crippen LogP contribution in [-0.2, 0) is 17.8 Å². The molecule has 1 aliphatic rings. The fourth-order valence-electron chi connectivity index (χ4n) is 5.33. The molecule has 0 fully saturated rings. The molecule has 4 nitrogen and oxygen atoms in total. The maximum Gasteiger partial charge on any atom is 0.337 e. The molecule has 0 N–H and O–H groups in total. The maximum absolute atomic E-state index is 12.5. The first-order chi connectivity index (χ1) is 19.0. The van der Waals surface area contributed by atoms with Gasteiger partial charge in [-0.25, -0.2) is 4.79 Å². The second-order valence-electron chi connectivity index (χ2n) is 10.4. The summed E-state index contributed by atoms with van der Waals surface area (Å²) in [6.07, 6.45) is 9.11. The number of benzene rings is 3. The highest BCUT2D eigenvalue weighted by Crippen LogP contribution is 2.31. The minimum atomic E-state index is -0.349. The molecule has 4 rings (SSSR count). The van der Waals surface area contributed by atoms with Gasteiger partial charge in [-0.15, -0.1) is 0 Å². The Balaban J connectivity index is 0.000000272. The number of hydrogen-bond acceptors (Lipinski definition) is 4. The highest BCUT2D eigenvalue weighted by molar-refractivity contribution is 6.00. The molecule has 1 aliphatic carbocycles. The average Bonchev–Trinajstić information content (AvgIpc) is 2.98. The van der Waals surface area contributed by atoms with Gasteiger partial charge in [-0.1, -0.05) is 82.5 Å². The Morgan fingerprint density at radius 3 is 2.21 bits per heavy atom. The van der Waals surface area contributed by atoms with Gasteiger partial charge in [-0.05, 0) is 85.0 Å². The largest absolute Gasteiger partial charge is 0.489 e. The number of carbonyl (C=O) groups is 2. The van der Waals surface area contributed by atoms with E-state index in [1.165, 1.54) is 38.4 Å². The van der Waals surface area contributed by atoms with Crippen LogP contribution in [0.5, 0.6) is 5.75 Å². The van der Waals surface area contributed by atoms with E-state index in [2.05, 4.69) is 51.1 Å². The van der Waals surface area contributed by atoms with Crippen molar-refractivity contribution >= 4 is 11.8 Å². The Morgan fingerprint density at radius 2 is 1.59 bits per heavy atom. The van der Waals surface area contributed by atoms with E-state index in [9.17, 15) is 9.59 Å². The average molecular weight is 529 g/mol. The molecule has 0 spiro atoms. The van der Waals surface area contributed by atoms with Crippen LogP contribution < -0.4 is 4.74 Å². The Bertz CT molecular complexity index is 1160. The molecule has 4 heteroatoms. The normalized spacial score (nSPS) is 14.3. The summed E-state index contributed by atoms with van der Waals surface area (Å²) in [5.41, 5.74) is 4.94. The summed E-state index contributed by atoms with van der Waals surface area (Å²) in [6.45, 7) is 7.07. The van der Waals surface area contributed by atoms with Crippen molar-refractivity contribution in [1.29, 1.82) is 0 Å². The summed E-state index contributed by atoms with van der Waals surface area (Å²) >= 11 is 0. The van der Waals surface area contributed by atoms with Gasteiger partial charge in [0.1, 0.15) is 12.4 Å². The van der Waals surface area contributed by atoms with E-state index in [4.69, 9.17) is 9.47 Å². The van der Waals surface area contributed by atoms with Gasteiger partial charge in [0, 0.05) is 11.5 Å². The van der Waals surface area contributed by atoms with Crippen LogP contribution in [-0.4, -0.2) is 18.9 Å². The van der Waals surface area contributed by atoms with Crippen molar-refractivity contribution in [2.75, 3.05) is 7.11 Å². The molecule has 1 unspecified atom stereocenters. The first-order valence-electron chi connectivity index (χ1n) is 14.5. The van der Waals surface area contributed by atoms with Crippen molar-refractivity contribution in [2.45, 2.75) is 84.7 Å². The number of esters is 1. The molecule has 0 radical (unpaired) electrons. The lowest BCUT2D eigenvalue weighted by Gasteiger charge is -2.23. The van der Waals surface area contributed by atoms with E-state index in [0.29, 0.717) is 12.2 Å². The second kappa shape index (κ2) is 15.9. The van der Waals surface area contributed by atoms with Crippen LogP contribution in [0.1, 0.15) is 109 Å². The maximum atomic E-state index is 12.5. The molecule has 0 saturated heterocycles. The van der Waals surface area contributed by atoms with Crippen LogP contribution in [0.2, 0.25) is 0 Å². The Hall–Kier alpha value is -3.40. The van der Waals surface area contributed by atoms with Crippen LogP contribution in [0.3, 0.4) is 0 Å². The molecule has 1 atom stereocenters. The summed E-state index contributed by atoms with van der Waals surface area (Å²) in [7, 11) is 1.37.